The van der Waals surface area contributed by atoms with Crippen LogP contribution in [0.1, 0.15) is 30.9 Å². The molecule has 0 aliphatic carbocycles. The zero-order valence-electron chi connectivity index (χ0n) is 13.6. The maximum absolute atomic E-state index is 11.9. The lowest BCUT2D eigenvalue weighted by molar-refractivity contribution is -0.120. The molecular weight excluding hydrogens is 342 g/mol. The Kier molecular flexibility index (Phi) is 6.58. The Labute approximate surface area is 152 Å². The van der Waals surface area contributed by atoms with Crippen molar-refractivity contribution in [2.45, 2.75) is 26.2 Å². The van der Waals surface area contributed by atoms with E-state index in [0.29, 0.717) is 16.1 Å². The van der Waals surface area contributed by atoms with E-state index in [2.05, 4.69) is 42.1 Å². The molecule has 2 rings (SSSR count). The minimum Gasteiger partial charge on any atom is -0.331 e. The molecule has 0 radical (unpaired) electrons. The van der Waals surface area contributed by atoms with Crippen molar-refractivity contribution in [2.75, 3.05) is 5.32 Å². The predicted molar refractivity (Wildman–Crippen MR) is 103 cm³/mol. The van der Waals surface area contributed by atoms with Gasteiger partial charge in [0.15, 0.2) is 5.11 Å². The summed E-state index contributed by atoms with van der Waals surface area (Å²) < 4.78 is 0. The number of nitrogens with one attached hydrogen (secondary N) is 3. The molecule has 0 unspecified atom stereocenters. The molecule has 0 saturated carbocycles. The van der Waals surface area contributed by atoms with Crippen LogP contribution in [-0.2, 0) is 11.2 Å². The Morgan fingerprint density at radius 3 is 2.25 bits per heavy atom. The summed E-state index contributed by atoms with van der Waals surface area (Å²) in [6.07, 6.45) is 0.246. The average Bonchev–Trinajstić information content (AvgIpc) is 2.55. The van der Waals surface area contributed by atoms with E-state index in [4.69, 9.17) is 23.8 Å². The fourth-order valence-corrected chi connectivity index (χ4v) is 2.37. The van der Waals surface area contributed by atoms with Crippen molar-refractivity contribution in [3.05, 3.63) is 64.7 Å². The van der Waals surface area contributed by atoms with Crippen LogP contribution in [0.4, 0.5) is 5.69 Å². The summed E-state index contributed by atoms with van der Waals surface area (Å²) in [5.41, 5.74) is 8.27. The highest BCUT2D eigenvalue weighted by Crippen LogP contribution is 2.17. The van der Waals surface area contributed by atoms with Crippen LogP contribution in [0.2, 0.25) is 5.02 Å². The lowest BCUT2D eigenvalue weighted by atomic mass is 10.0. The zero-order chi connectivity index (χ0) is 17.5. The van der Waals surface area contributed by atoms with Gasteiger partial charge in [-0.3, -0.25) is 15.6 Å². The number of halogens is 1. The van der Waals surface area contributed by atoms with E-state index >= 15 is 0 Å². The highest BCUT2D eigenvalue weighted by Gasteiger charge is 2.05. The molecular formula is C18H20ClN3OS. The molecule has 24 heavy (non-hydrogen) atoms. The zero-order valence-corrected chi connectivity index (χ0v) is 15.2. The third-order valence-corrected chi connectivity index (χ3v) is 3.88. The van der Waals surface area contributed by atoms with Gasteiger partial charge in [-0.2, -0.15) is 0 Å². The Bertz CT molecular complexity index is 699. The van der Waals surface area contributed by atoms with Crippen molar-refractivity contribution in [3.8, 4) is 0 Å². The van der Waals surface area contributed by atoms with Gasteiger partial charge in [-0.25, -0.2) is 0 Å². The van der Waals surface area contributed by atoms with Crippen molar-refractivity contribution in [3.63, 3.8) is 0 Å². The molecule has 126 valence electrons. The largest absolute Gasteiger partial charge is 0.331 e. The fraction of sp³-hybridized carbons (Fsp3) is 0.222. The van der Waals surface area contributed by atoms with Gasteiger partial charge in [-0.05, 0) is 53.5 Å². The molecule has 0 atom stereocenters. The number of amides is 1. The van der Waals surface area contributed by atoms with E-state index < -0.39 is 0 Å². The highest BCUT2D eigenvalue weighted by atomic mass is 35.5. The van der Waals surface area contributed by atoms with Gasteiger partial charge >= 0.3 is 0 Å². The summed E-state index contributed by atoms with van der Waals surface area (Å²) >= 11 is 11.0. The summed E-state index contributed by atoms with van der Waals surface area (Å²) in [7, 11) is 0. The van der Waals surface area contributed by atoms with E-state index in [1.54, 1.807) is 12.1 Å². The normalized spacial score (nSPS) is 10.3. The molecule has 0 heterocycles. The van der Waals surface area contributed by atoms with E-state index in [0.717, 1.165) is 11.3 Å². The molecule has 6 heteroatoms. The van der Waals surface area contributed by atoms with E-state index in [1.165, 1.54) is 5.56 Å². The van der Waals surface area contributed by atoms with Gasteiger partial charge in [0, 0.05) is 10.7 Å². The molecule has 0 aliphatic rings. The lowest BCUT2D eigenvalue weighted by Gasteiger charge is -2.12. The van der Waals surface area contributed by atoms with Gasteiger partial charge in [0.2, 0.25) is 5.91 Å². The predicted octanol–water partition coefficient (Wildman–Crippen LogP) is 4.02. The first kappa shape index (κ1) is 18.2. The molecule has 0 saturated heterocycles. The minimum atomic E-state index is -0.184. The number of hydrogen-bond acceptors (Lipinski definition) is 2. The van der Waals surface area contributed by atoms with Crippen molar-refractivity contribution in [1.29, 1.82) is 0 Å². The van der Waals surface area contributed by atoms with Crippen LogP contribution in [-0.4, -0.2) is 11.0 Å². The van der Waals surface area contributed by atoms with Crippen molar-refractivity contribution in [2.24, 2.45) is 0 Å². The summed E-state index contributed by atoms with van der Waals surface area (Å²) in [5.74, 6) is 0.299. The number of hydrogen-bond donors (Lipinski definition) is 3. The molecule has 3 N–H and O–H groups in total. The van der Waals surface area contributed by atoms with E-state index in [-0.39, 0.29) is 12.3 Å². The van der Waals surface area contributed by atoms with Crippen LogP contribution >= 0.6 is 23.8 Å². The van der Waals surface area contributed by atoms with Crippen LogP contribution in [0.15, 0.2) is 48.5 Å². The first-order valence-corrected chi connectivity index (χ1v) is 8.43. The number of carbonyl (C=O) groups is 1. The summed E-state index contributed by atoms with van der Waals surface area (Å²) in [6.45, 7) is 4.29. The standard InChI is InChI=1S/C18H20ClN3OS/c1-12(2)14-5-9-16(10-6-14)20-18(24)22-21-17(23)11-13-3-7-15(19)8-4-13/h3-10,12H,11H2,1-2H3,(H,21,23)(H2,20,22,24). The van der Waals surface area contributed by atoms with Crippen LogP contribution in [0.3, 0.4) is 0 Å². The van der Waals surface area contributed by atoms with Gasteiger partial charge < -0.3 is 5.32 Å². The number of hydrazine groups is 1. The van der Waals surface area contributed by atoms with Crippen molar-refractivity contribution in [1.82, 2.24) is 10.9 Å². The number of thiocarbonyl (C=S) groups is 1. The second kappa shape index (κ2) is 8.66. The summed E-state index contributed by atoms with van der Waals surface area (Å²) in [4.78, 5) is 11.9. The second-order valence-corrected chi connectivity index (χ2v) is 6.55. The van der Waals surface area contributed by atoms with E-state index in [9.17, 15) is 4.79 Å². The van der Waals surface area contributed by atoms with Gasteiger partial charge in [0.1, 0.15) is 0 Å². The third kappa shape index (κ3) is 5.83. The van der Waals surface area contributed by atoms with Gasteiger partial charge in [-0.15, -0.1) is 0 Å². The fourth-order valence-electron chi connectivity index (χ4n) is 2.07. The molecule has 4 nitrogen and oxygen atoms in total. The monoisotopic (exact) mass is 361 g/mol. The third-order valence-electron chi connectivity index (χ3n) is 3.43. The molecule has 1 amide bonds. The quantitative estimate of drug-likeness (QED) is 0.568. The minimum absolute atomic E-state index is 0.184. The first-order chi connectivity index (χ1) is 11.4. The molecule has 2 aromatic carbocycles. The Hall–Kier alpha value is -2.11. The lowest BCUT2D eigenvalue weighted by Crippen LogP contribution is -2.44. The van der Waals surface area contributed by atoms with Gasteiger partial charge in [0.05, 0.1) is 6.42 Å². The Balaban J connectivity index is 1.77. The summed E-state index contributed by atoms with van der Waals surface area (Å²) in [6, 6.07) is 15.2. The number of rotatable bonds is 4. The summed E-state index contributed by atoms with van der Waals surface area (Å²) in [5, 5.41) is 4.00. The van der Waals surface area contributed by atoms with Crippen LogP contribution in [0.5, 0.6) is 0 Å². The topological polar surface area (TPSA) is 53.2 Å². The van der Waals surface area contributed by atoms with Crippen molar-refractivity contribution < 1.29 is 4.79 Å². The van der Waals surface area contributed by atoms with Crippen LogP contribution < -0.4 is 16.2 Å². The van der Waals surface area contributed by atoms with Crippen molar-refractivity contribution >= 4 is 40.5 Å². The maximum atomic E-state index is 11.9. The smallest absolute Gasteiger partial charge is 0.242 e. The molecule has 0 bridgehead atoms. The molecule has 0 aromatic heterocycles. The average molecular weight is 362 g/mol. The first-order valence-electron chi connectivity index (χ1n) is 7.64. The number of carbonyl (C=O) groups excluding carboxylic acids is 1. The van der Waals surface area contributed by atoms with E-state index in [1.807, 2.05) is 24.3 Å². The van der Waals surface area contributed by atoms with Crippen LogP contribution in [0, 0.1) is 0 Å². The Morgan fingerprint density at radius 1 is 1.04 bits per heavy atom. The molecule has 2 aromatic rings. The van der Waals surface area contributed by atoms with Gasteiger partial charge in [-0.1, -0.05) is 49.7 Å². The van der Waals surface area contributed by atoms with Gasteiger partial charge in [0.25, 0.3) is 0 Å². The second-order valence-electron chi connectivity index (χ2n) is 5.71. The molecule has 0 fully saturated rings. The highest BCUT2D eigenvalue weighted by molar-refractivity contribution is 7.80. The molecule has 0 spiro atoms. The SMILES string of the molecule is CC(C)c1ccc(NC(=S)NNC(=O)Cc2ccc(Cl)cc2)cc1. The number of benzene rings is 2. The Morgan fingerprint density at radius 2 is 1.67 bits per heavy atom. The molecule has 0 aliphatic heterocycles. The maximum Gasteiger partial charge on any atom is 0.242 e. The van der Waals surface area contributed by atoms with Crippen LogP contribution in [0.25, 0.3) is 0 Å². The number of anilines is 1.